The molecule has 3 N–H and O–H groups in total. The second-order valence-corrected chi connectivity index (χ2v) is 5.42. The molecule has 0 aliphatic heterocycles. The molecule has 0 radical (unpaired) electrons. The van der Waals surface area contributed by atoms with Gasteiger partial charge in [-0.3, -0.25) is 4.79 Å². The molecule has 16 heavy (non-hydrogen) atoms. The van der Waals surface area contributed by atoms with Crippen LogP contribution in [0.25, 0.3) is 0 Å². The largest absolute Gasteiger partial charge is 0.355 e. The third-order valence-electron chi connectivity index (χ3n) is 2.94. The summed E-state index contributed by atoms with van der Waals surface area (Å²) in [6.07, 6.45) is 3.86. The molecule has 1 fully saturated rings. The van der Waals surface area contributed by atoms with Crippen LogP contribution in [0, 0.1) is 5.92 Å². The lowest BCUT2D eigenvalue weighted by molar-refractivity contribution is -0.121. The molecule has 1 atom stereocenters. The Morgan fingerprint density at radius 3 is 3.06 bits per heavy atom. The lowest BCUT2D eigenvalue weighted by atomic mass is 10.2. The Kier molecular flexibility index (Phi) is 3.96. The Labute approximate surface area is 100 Å². The van der Waals surface area contributed by atoms with E-state index in [1.54, 1.807) is 11.3 Å². The molecule has 0 saturated heterocycles. The van der Waals surface area contributed by atoms with Gasteiger partial charge in [0.2, 0.25) is 5.91 Å². The van der Waals surface area contributed by atoms with Crippen LogP contribution in [0.1, 0.15) is 24.1 Å². The van der Waals surface area contributed by atoms with Crippen molar-refractivity contribution in [2.45, 2.75) is 31.7 Å². The summed E-state index contributed by atoms with van der Waals surface area (Å²) in [5, 5.41) is 4.94. The molecule has 1 unspecified atom stereocenters. The van der Waals surface area contributed by atoms with Gasteiger partial charge in [0.15, 0.2) is 0 Å². The van der Waals surface area contributed by atoms with Gasteiger partial charge in [-0.05, 0) is 36.6 Å². The molecule has 1 aliphatic carbocycles. The first kappa shape index (κ1) is 11.6. The van der Waals surface area contributed by atoms with Gasteiger partial charge < -0.3 is 11.1 Å². The van der Waals surface area contributed by atoms with Crippen molar-refractivity contribution in [1.29, 1.82) is 0 Å². The molecule has 1 aromatic rings. The zero-order valence-electron chi connectivity index (χ0n) is 9.32. The number of carbonyl (C=O) groups excluding carboxylic acids is 1. The first-order valence-corrected chi connectivity index (χ1v) is 6.68. The van der Waals surface area contributed by atoms with E-state index in [0.717, 1.165) is 6.42 Å². The topological polar surface area (TPSA) is 55.1 Å². The van der Waals surface area contributed by atoms with E-state index in [0.29, 0.717) is 18.9 Å². The van der Waals surface area contributed by atoms with Crippen molar-refractivity contribution < 1.29 is 4.79 Å². The van der Waals surface area contributed by atoms with E-state index >= 15 is 0 Å². The number of thiophene rings is 1. The Morgan fingerprint density at radius 1 is 1.62 bits per heavy atom. The maximum atomic E-state index is 11.5. The van der Waals surface area contributed by atoms with Gasteiger partial charge in [0.05, 0.1) is 0 Å². The third kappa shape index (κ3) is 3.61. The number of rotatable bonds is 6. The fourth-order valence-electron chi connectivity index (χ4n) is 1.70. The van der Waals surface area contributed by atoms with Crippen LogP contribution in [0.3, 0.4) is 0 Å². The minimum Gasteiger partial charge on any atom is -0.355 e. The van der Waals surface area contributed by atoms with Crippen LogP contribution in [-0.4, -0.2) is 18.5 Å². The van der Waals surface area contributed by atoms with E-state index in [9.17, 15) is 4.79 Å². The summed E-state index contributed by atoms with van der Waals surface area (Å²) in [7, 11) is 0. The molecule has 3 nitrogen and oxygen atoms in total. The third-order valence-corrected chi connectivity index (χ3v) is 3.88. The summed E-state index contributed by atoms with van der Waals surface area (Å²) >= 11 is 1.70. The number of amides is 1. The van der Waals surface area contributed by atoms with Gasteiger partial charge in [0, 0.05) is 23.9 Å². The van der Waals surface area contributed by atoms with Gasteiger partial charge in [-0.2, -0.15) is 0 Å². The molecular weight excluding hydrogens is 220 g/mol. The number of aryl methyl sites for hydroxylation is 1. The van der Waals surface area contributed by atoms with Crippen molar-refractivity contribution in [2.75, 3.05) is 6.54 Å². The molecule has 1 aliphatic rings. The minimum absolute atomic E-state index is 0.115. The smallest absolute Gasteiger partial charge is 0.220 e. The van der Waals surface area contributed by atoms with Crippen LogP contribution >= 0.6 is 11.3 Å². The van der Waals surface area contributed by atoms with Gasteiger partial charge in [0.25, 0.3) is 0 Å². The van der Waals surface area contributed by atoms with Crippen molar-refractivity contribution in [1.82, 2.24) is 5.32 Å². The summed E-state index contributed by atoms with van der Waals surface area (Å²) in [4.78, 5) is 12.8. The monoisotopic (exact) mass is 238 g/mol. The average Bonchev–Trinajstić information content (AvgIpc) is 3.01. The molecule has 1 amide bonds. The summed E-state index contributed by atoms with van der Waals surface area (Å²) in [5.41, 5.74) is 5.91. The Bertz CT molecular complexity index is 333. The fraction of sp³-hybridized carbons (Fsp3) is 0.583. The Hall–Kier alpha value is -0.870. The number of hydrogen-bond donors (Lipinski definition) is 2. The van der Waals surface area contributed by atoms with E-state index in [2.05, 4.69) is 11.4 Å². The van der Waals surface area contributed by atoms with Gasteiger partial charge in [-0.15, -0.1) is 11.3 Å². The lowest BCUT2D eigenvalue weighted by Gasteiger charge is -2.11. The van der Waals surface area contributed by atoms with E-state index in [-0.39, 0.29) is 11.9 Å². The molecule has 2 rings (SSSR count). The van der Waals surface area contributed by atoms with Crippen molar-refractivity contribution in [3.05, 3.63) is 22.4 Å². The van der Waals surface area contributed by atoms with Crippen LogP contribution < -0.4 is 11.1 Å². The fourth-order valence-corrected chi connectivity index (χ4v) is 2.41. The zero-order chi connectivity index (χ0) is 11.4. The molecule has 1 aromatic heterocycles. The number of nitrogens with two attached hydrogens (primary N) is 1. The summed E-state index contributed by atoms with van der Waals surface area (Å²) in [5.74, 6) is 0.766. The van der Waals surface area contributed by atoms with Gasteiger partial charge in [0.1, 0.15) is 0 Å². The zero-order valence-corrected chi connectivity index (χ0v) is 10.1. The van der Waals surface area contributed by atoms with Crippen LogP contribution in [0.4, 0.5) is 0 Å². The molecule has 0 spiro atoms. The minimum atomic E-state index is 0.115. The highest BCUT2D eigenvalue weighted by molar-refractivity contribution is 7.09. The highest BCUT2D eigenvalue weighted by atomic mass is 32.1. The maximum absolute atomic E-state index is 11.5. The summed E-state index contributed by atoms with van der Waals surface area (Å²) < 4.78 is 0. The summed E-state index contributed by atoms with van der Waals surface area (Å²) in [6.45, 7) is 0.633. The predicted octanol–water partition coefficient (Wildman–Crippen LogP) is 1.53. The summed E-state index contributed by atoms with van der Waals surface area (Å²) in [6, 6.07) is 4.24. The van der Waals surface area contributed by atoms with Crippen molar-refractivity contribution in [3.8, 4) is 0 Å². The molecule has 88 valence electrons. The molecule has 1 heterocycles. The second-order valence-electron chi connectivity index (χ2n) is 4.38. The highest BCUT2D eigenvalue weighted by Gasteiger charge is 2.28. The lowest BCUT2D eigenvalue weighted by Crippen LogP contribution is -2.38. The first-order valence-electron chi connectivity index (χ1n) is 5.80. The standard InChI is InChI=1S/C12H18N2OS/c13-11(9-3-4-9)8-14-12(15)6-5-10-2-1-7-16-10/h1-2,7,9,11H,3-6,8,13H2,(H,14,15). The van der Waals surface area contributed by atoms with E-state index in [1.807, 2.05) is 11.4 Å². The van der Waals surface area contributed by atoms with Crippen LogP contribution in [-0.2, 0) is 11.2 Å². The average molecular weight is 238 g/mol. The van der Waals surface area contributed by atoms with Gasteiger partial charge >= 0.3 is 0 Å². The Balaban J connectivity index is 1.60. The SMILES string of the molecule is NC(CNC(=O)CCc1cccs1)C1CC1. The predicted molar refractivity (Wildman–Crippen MR) is 66.3 cm³/mol. The van der Waals surface area contributed by atoms with Crippen LogP contribution in [0.2, 0.25) is 0 Å². The second kappa shape index (κ2) is 5.46. The number of hydrogen-bond acceptors (Lipinski definition) is 3. The van der Waals surface area contributed by atoms with E-state index < -0.39 is 0 Å². The molecule has 4 heteroatoms. The number of carbonyl (C=O) groups is 1. The highest BCUT2D eigenvalue weighted by Crippen LogP contribution is 2.31. The normalized spacial score (nSPS) is 17.1. The van der Waals surface area contributed by atoms with Gasteiger partial charge in [-0.1, -0.05) is 6.07 Å². The maximum Gasteiger partial charge on any atom is 0.220 e. The van der Waals surface area contributed by atoms with Gasteiger partial charge in [-0.25, -0.2) is 0 Å². The van der Waals surface area contributed by atoms with Crippen LogP contribution in [0.15, 0.2) is 17.5 Å². The molecular formula is C12H18N2OS. The Morgan fingerprint density at radius 2 is 2.44 bits per heavy atom. The number of nitrogens with one attached hydrogen (secondary N) is 1. The molecule has 0 aromatic carbocycles. The van der Waals surface area contributed by atoms with E-state index in [1.165, 1.54) is 17.7 Å². The van der Waals surface area contributed by atoms with Crippen molar-refractivity contribution >= 4 is 17.2 Å². The first-order chi connectivity index (χ1) is 7.75. The quantitative estimate of drug-likeness (QED) is 0.789. The van der Waals surface area contributed by atoms with Crippen LogP contribution in [0.5, 0.6) is 0 Å². The van der Waals surface area contributed by atoms with Crippen molar-refractivity contribution in [3.63, 3.8) is 0 Å². The molecule has 1 saturated carbocycles. The van der Waals surface area contributed by atoms with E-state index in [4.69, 9.17) is 5.73 Å². The van der Waals surface area contributed by atoms with Crippen molar-refractivity contribution in [2.24, 2.45) is 11.7 Å². The molecule has 0 bridgehead atoms.